The summed E-state index contributed by atoms with van der Waals surface area (Å²) in [6.07, 6.45) is -0.115. The number of carbonyl (C=O) groups is 2. The molecule has 2 aromatic carbocycles. The van der Waals surface area contributed by atoms with Crippen LogP contribution >= 0.6 is 0 Å². The molecule has 2 fully saturated rings. The fourth-order valence-electron chi connectivity index (χ4n) is 4.73. The van der Waals surface area contributed by atoms with Crippen LogP contribution in [0.1, 0.15) is 17.4 Å². The van der Waals surface area contributed by atoms with E-state index in [4.69, 9.17) is 14.2 Å². The fraction of sp³-hybridized carbons (Fsp3) is 0.269. The third-order valence-electron chi connectivity index (χ3n) is 6.57. The lowest BCUT2D eigenvalue weighted by atomic mass is 10.0. The van der Waals surface area contributed by atoms with Crippen LogP contribution in [-0.2, 0) is 16.0 Å². The Bertz CT molecular complexity index is 1270. The zero-order chi connectivity index (χ0) is 23.9. The Labute approximate surface area is 201 Å². The van der Waals surface area contributed by atoms with Gasteiger partial charge in [-0.2, -0.15) is 0 Å². The van der Waals surface area contributed by atoms with E-state index in [0.29, 0.717) is 30.2 Å². The zero-order valence-corrected chi connectivity index (χ0v) is 18.7. The molecule has 0 spiro atoms. The molecular formula is C26H23N3O6. The Kier molecular flexibility index (Phi) is 5.26. The van der Waals surface area contributed by atoms with Crippen LogP contribution in [0.25, 0.3) is 11.1 Å². The molecule has 2 saturated heterocycles. The largest absolute Gasteiger partial charge is 0.489 e. The number of nitrogens with zero attached hydrogens (tertiary/aromatic N) is 3. The average Bonchev–Trinajstić information content (AvgIpc) is 3.43. The highest BCUT2D eigenvalue weighted by molar-refractivity contribution is 5.94. The molecule has 6 rings (SSSR count). The van der Waals surface area contributed by atoms with Gasteiger partial charge in [0.2, 0.25) is 0 Å². The van der Waals surface area contributed by atoms with Gasteiger partial charge >= 0.3 is 12.2 Å². The van der Waals surface area contributed by atoms with E-state index in [9.17, 15) is 14.7 Å². The highest BCUT2D eigenvalue weighted by atomic mass is 16.6. The second kappa shape index (κ2) is 8.59. The number of carbonyl (C=O) groups excluding carboxylic acids is 2. The molecule has 0 bridgehead atoms. The van der Waals surface area contributed by atoms with E-state index in [1.165, 1.54) is 0 Å². The Hall–Kier alpha value is -4.11. The minimum atomic E-state index is -0.597. The van der Waals surface area contributed by atoms with Crippen LogP contribution in [-0.4, -0.2) is 59.1 Å². The number of cyclic esters (lactones) is 2. The Morgan fingerprint density at radius 3 is 2.57 bits per heavy atom. The number of ether oxygens (including phenoxy) is 3. The molecule has 4 heterocycles. The summed E-state index contributed by atoms with van der Waals surface area (Å²) in [5, 5.41) is 9.46. The van der Waals surface area contributed by atoms with Crippen molar-refractivity contribution in [2.45, 2.75) is 24.8 Å². The summed E-state index contributed by atoms with van der Waals surface area (Å²) in [6.45, 7) is 0.932. The van der Waals surface area contributed by atoms with Crippen molar-refractivity contribution in [3.05, 3.63) is 78.1 Å². The van der Waals surface area contributed by atoms with Crippen LogP contribution in [0.4, 0.5) is 15.3 Å². The van der Waals surface area contributed by atoms with Crippen molar-refractivity contribution in [1.82, 2.24) is 9.88 Å². The van der Waals surface area contributed by atoms with E-state index >= 15 is 0 Å². The molecule has 9 heteroatoms. The summed E-state index contributed by atoms with van der Waals surface area (Å²) in [6, 6.07) is 18.8. The number of aliphatic hydroxyl groups excluding tert-OH is 1. The van der Waals surface area contributed by atoms with Crippen LogP contribution in [0, 0.1) is 0 Å². The van der Waals surface area contributed by atoms with Crippen LogP contribution in [0.2, 0.25) is 0 Å². The minimum absolute atomic E-state index is 0.247. The topological polar surface area (TPSA) is 101 Å². The van der Waals surface area contributed by atoms with Gasteiger partial charge < -0.3 is 19.3 Å². The summed E-state index contributed by atoms with van der Waals surface area (Å²) in [7, 11) is 0. The van der Waals surface area contributed by atoms with E-state index in [2.05, 4.69) is 4.98 Å². The normalized spacial score (nSPS) is 22.8. The summed E-state index contributed by atoms with van der Waals surface area (Å²) in [5.74, 6) is 0.569. The number of fused-ring (bicyclic) bond motifs is 3. The summed E-state index contributed by atoms with van der Waals surface area (Å²) in [4.78, 5) is 32.4. The third-order valence-corrected chi connectivity index (χ3v) is 6.57. The maximum Gasteiger partial charge on any atom is 0.415 e. The lowest BCUT2D eigenvalue weighted by Crippen LogP contribution is -2.45. The first-order valence-corrected chi connectivity index (χ1v) is 11.4. The Balaban J connectivity index is 1.17. The van der Waals surface area contributed by atoms with E-state index in [0.717, 1.165) is 16.7 Å². The first kappa shape index (κ1) is 21.4. The number of benzene rings is 2. The second-order valence-electron chi connectivity index (χ2n) is 8.75. The second-order valence-corrected chi connectivity index (χ2v) is 8.75. The van der Waals surface area contributed by atoms with Gasteiger partial charge in [0.05, 0.1) is 24.5 Å². The number of rotatable bonds is 5. The monoisotopic (exact) mass is 473 g/mol. The third kappa shape index (κ3) is 3.83. The van der Waals surface area contributed by atoms with Gasteiger partial charge in [0, 0.05) is 18.3 Å². The molecule has 0 saturated carbocycles. The number of aromatic nitrogens is 1. The van der Waals surface area contributed by atoms with Gasteiger partial charge in [-0.1, -0.05) is 42.5 Å². The van der Waals surface area contributed by atoms with Gasteiger partial charge in [-0.25, -0.2) is 9.59 Å². The van der Waals surface area contributed by atoms with Crippen molar-refractivity contribution in [3.8, 4) is 16.9 Å². The van der Waals surface area contributed by atoms with Crippen molar-refractivity contribution in [3.63, 3.8) is 0 Å². The molecule has 3 aromatic rings. The number of hydrogen-bond acceptors (Lipinski definition) is 7. The minimum Gasteiger partial charge on any atom is -0.489 e. The number of anilines is 1. The van der Waals surface area contributed by atoms with Crippen LogP contribution < -0.4 is 9.64 Å². The molecule has 1 aromatic heterocycles. The van der Waals surface area contributed by atoms with Crippen molar-refractivity contribution >= 4 is 17.9 Å². The van der Waals surface area contributed by atoms with Crippen molar-refractivity contribution < 1.29 is 28.9 Å². The standard InChI is InChI=1S/C26H23N3O6/c30-14-24-21-15-33-22-10-17(7-9-20(22)29(21)26(32)35-24)18-6-8-19(27-11-18)23-13-28(25(31)34-23)12-16-4-2-1-3-5-16/h1-11,21,23-24,30H,12-15H2/t21-,23?,24-/m0/s1. The zero-order valence-electron chi connectivity index (χ0n) is 18.7. The van der Waals surface area contributed by atoms with Crippen molar-refractivity contribution in [2.75, 3.05) is 24.7 Å². The summed E-state index contributed by atoms with van der Waals surface area (Å²) >= 11 is 0. The van der Waals surface area contributed by atoms with E-state index in [1.54, 1.807) is 16.0 Å². The Morgan fingerprint density at radius 2 is 1.80 bits per heavy atom. The molecule has 3 aliphatic heterocycles. The van der Waals surface area contributed by atoms with E-state index < -0.39 is 18.3 Å². The molecule has 1 N–H and O–H groups in total. The maximum absolute atomic E-state index is 12.3. The van der Waals surface area contributed by atoms with Gasteiger partial charge in [0.15, 0.2) is 12.2 Å². The fourth-order valence-corrected chi connectivity index (χ4v) is 4.73. The lowest BCUT2D eigenvalue weighted by molar-refractivity contribution is 0.0734. The average molecular weight is 473 g/mol. The molecule has 3 aliphatic rings. The van der Waals surface area contributed by atoms with E-state index in [-0.39, 0.29) is 25.3 Å². The molecule has 2 amide bonds. The SMILES string of the molecule is O=C1OC(c2ccc(-c3ccc4c(c3)OC[C@H]3[C@H](CO)OC(=O)N43)cn2)CN1Cc1ccccc1. The predicted octanol–water partition coefficient (Wildman–Crippen LogP) is 3.52. The predicted molar refractivity (Wildman–Crippen MR) is 125 cm³/mol. The van der Waals surface area contributed by atoms with Crippen LogP contribution in [0.5, 0.6) is 5.75 Å². The Morgan fingerprint density at radius 1 is 0.971 bits per heavy atom. The smallest absolute Gasteiger partial charge is 0.415 e. The molecule has 178 valence electrons. The first-order chi connectivity index (χ1) is 17.1. The molecule has 1 unspecified atom stereocenters. The molecule has 35 heavy (non-hydrogen) atoms. The molecule has 3 atom stereocenters. The summed E-state index contributed by atoms with van der Waals surface area (Å²) < 4.78 is 16.7. The molecule has 0 radical (unpaired) electrons. The number of amides is 2. The molecule has 9 nitrogen and oxygen atoms in total. The van der Waals surface area contributed by atoms with Crippen molar-refractivity contribution in [1.29, 1.82) is 0 Å². The number of hydrogen-bond donors (Lipinski definition) is 1. The maximum atomic E-state index is 12.3. The van der Waals surface area contributed by atoms with Gasteiger partial charge in [-0.15, -0.1) is 0 Å². The molecule has 0 aliphatic carbocycles. The summed E-state index contributed by atoms with van der Waals surface area (Å²) in [5.41, 5.74) is 4.09. The first-order valence-electron chi connectivity index (χ1n) is 11.4. The van der Waals surface area contributed by atoms with Gasteiger partial charge in [-0.05, 0) is 29.3 Å². The van der Waals surface area contributed by atoms with Crippen molar-refractivity contribution in [2.24, 2.45) is 0 Å². The van der Waals surface area contributed by atoms with Gasteiger partial charge in [0.1, 0.15) is 18.4 Å². The van der Waals surface area contributed by atoms with Crippen LogP contribution in [0.3, 0.4) is 0 Å². The molecular weight excluding hydrogens is 450 g/mol. The van der Waals surface area contributed by atoms with Crippen LogP contribution in [0.15, 0.2) is 66.9 Å². The number of pyridine rings is 1. The number of aliphatic hydroxyl groups is 1. The van der Waals surface area contributed by atoms with E-state index in [1.807, 2.05) is 60.7 Å². The van der Waals surface area contributed by atoms with Gasteiger partial charge in [0.25, 0.3) is 0 Å². The van der Waals surface area contributed by atoms with Gasteiger partial charge in [-0.3, -0.25) is 14.8 Å². The highest BCUT2D eigenvalue weighted by Crippen LogP contribution is 2.41. The highest BCUT2D eigenvalue weighted by Gasteiger charge is 2.46. The quantitative estimate of drug-likeness (QED) is 0.605. The lowest BCUT2D eigenvalue weighted by Gasteiger charge is -2.31.